The van der Waals surface area contributed by atoms with Crippen LogP contribution in [0.2, 0.25) is 5.02 Å². The summed E-state index contributed by atoms with van der Waals surface area (Å²) in [6.45, 7) is 4.48. The summed E-state index contributed by atoms with van der Waals surface area (Å²) in [5.41, 5.74) is 5.15. The molecule has 2 aromatic carbocycles. The number of hydrogen-bond donors (Lipinski definition) is 2. The molecule has 1 saturated heterocycles. The van der Waals surface area contributed by atoms with E-state index >= 15 is 0 Å². The summed E-state index contributed by atoms with van der Waals surface area (Å²) >= 11 is 12.1. The predicted molar refractivity (Wildman–Crippen MR) is 152 cm³/mol. The third kappa shape index (κ3) is 5.14. The first-order chi connectivity index (χ1) is 18.3. The van der Waals surface area contributed by atoms with E-state index in [1.807, 2.05) is 47.4 Å². The highest BCUT2D eigenvalue weighted by Crippen LogP contribution is 2.41. The molecule has 1 amide bonds. The van der Waals surface area contributed by atoms with E-state index < -0.39 is 5.82 Å². The highest BCUT2D eigenvalue weighted by Gasteiger charge is 2.41. The molecule has 1 fully saturated rings. The molecule has 0 radical (unpaired) electrons. The molecule has 3 heterocycles. The monoisotopic (exact) mass is 547 g/mol. The second kappa shape index (κ2) is 10.9. The van der Waals surface area contributed by atoms with Gasteiger partial charge in [-0.1, -0.05) is 35.9 Å². The average Bonchev–Trinajstić information content (AvgIpc) is 3.39. The first kappa shape index (κ1) is 25.9. The average molecular weight is 548 g/mol. The molecule has 2 aromatic heterocycles. The van der Waals surface area contributed by atoms with E-state index in [1.54, 1.807) is 24.4 Å². The predicted octanol–water partition coefficient (Wildman–Crippen LogP) is 6.28. The molecule has 2 N–H and O–H groups in total. The molecule has 1 aliphatic heterocycles. The third-order valence-corrected chi connectivity index (χ3v) is 7.37. The standard InChI is InChI=1S/C29H27ClFN5OS/c1-18-16-22(19(2)36(18)21-9-7-8-20(30)17-21)28-27(25-12-5-6-14-32-25)34-29(38)35(28)15-13-26(37)33-24-11-4-3-10-23(24)31/h3-12,14,16-17,27-28H,13,15H2,1-2H3,(H,33,37)(H,34,38)/t27-,28-/m0/s1. The number of carbonyl (C=O) groups is 1. The van der Waals surface area contributed by atoms with E-state index in [0.29, 0.717) is 16.7 Å². The number of benzene rings is 2. The normalized spacial score (nSPS) is 16.9. The van der Waals surface area contributed by atoms with Crippen LogP contribution in [0.4, 0.5) is 10.1 Å². The topological polar surface area (TPSA) is 62.2 Å². The van der Waals surface area contributed by atoms with Crippen LogP contribution in [0.3, 0.4) is 0 Å². The Hall–Kier alpha value is -3.75. The highest BCUT2D eigenvalue weighted by molar-refractivity contribution is 7.80. The summed E-state index contributed by atoms with van der Waals surface area (Å²) in [6.07, 6.45) is 1.89. The van der Waals surface area contributed by atoms with E-state index in [4.69, 9.17) is 23.8 Å². The fraction of sp³-hybridized carbons (Fsp3) is 0.207. The second-order valence-corrected chi connectivity index (χ2v) is 10.1. The Bertz CT molecular complexity index is 1490. The summed E-state index contributed by atoms with van der Waals surface area (Å²) in [7, 11) is 0. The molecule has 1 aliphatic rings. The van der Waals surface area contributed by atoms with Gasteiger partial charge in [0.15, 0.2) is 5.11 Å². The van der Waals surface area contributed by atoms with Gasteiger partial charge in [0, 0.05) is 41.3 Å². The van der Waals surface area contributed by atoms with Gasteiger partial charge in [-0.2, -0.15) is 0 Å². The van der Waals surface area contributed by atoms with Crippen LogP contribution in [-0.4, -0.2) is 32.0 Å². The minimum Gasteiger partial charge on any atom is -0.352 e. The van der Waals surface area contributed by atoms with Crippen molar-refractivity contribution in [2.24, 2.45) is 0 Å². The Morgan fingerprint density at radius 2 is 1.89 bits per heavy atom. The van der Waals surface area contributed by atoms with Crippen molar-refractivity contribution in [2.75, 3.05) is 11.9 Å². The number of nitrogens with zero attached hydrogens (tertiary/aromatic N) is 3. The highest BCUT2D eigenvalue weighted by atomic mass is 35.5. The number of rotatable bonds is 7. The van der Waals surface area contributed by atoms with Crippen LogP contribution in [0, 0.1) is 19.7 Å². The number of aromatic nitrogens is 2. The summed E-state index contributed by atoms with van der Waals surface area (Å²) < 4.78 is 16.2. The Labute approximate surface area is 231 Å². The molecule has 0 saturated carbocycles. The summed E-state index contributed by atoms with van der Waals surface area (Å²) in [5.74, 6) is -0.761. The Morgan fingerprint density at radius 1 is 1.11 bits per heavy atom. The number of para-hydroxylation sites is 1. The molecule has 0 bridgehead atoms. The summed E-state index contributed by atoms with van der Waals surface area (Å²) in [6, 6.07) is 21.4. The van der Waals surface area contributed by atoms with Crippen molar-refractivity contribution in [1.29, 1.82) is 0 Å². The van der Waals surface area contributed by atoms with E-state index in [9.17, 15) is 9.18 Å². The third-order valence-electron chi connectivity index (χ3n) is 6.78. The molecule has 6 nitrogen and oxygen atoms in total. The molecular formula is C29H27ClFN5OS. The van der Waals surface area contributed by atoms with Crippen LogP contribution in [-0.2, 0) is 4.79 Å². The van der Waals surface area contributed by atoms with E-state index in [2.05, 4.69) is 40.1 Å². The van der Waals surface area contributed by atoms with Gasteiger partial charge in [0.25, 0.3) is 0 Å². The van der Waals surface area contributed by atoms with Gasteiger partial charge in [0.05, 0.1) is 23.5 Å². The van der Waals surface area contributed by atoms with Crippen molar-refractivity contribution in [3.05, 3.63) is 112 Å². The zero-order valence-electron chi connectivity index (χ0n) is 21.0. The van der Waals surface area contributed by atoms with Crippen LogP contribution in [0.15, 0.2) is 79.0 Å². The number of aryl methyl sites for hydroxylation is 1. The molecule has 9 heteroatoms. The van der Waals surface area contributed by atoms with Crippen LogP contribution in [0.5, 0.6) is 0 Å². The lowest BCUT2D eigenvalue weighted by atomic mass is 9.96. The zero-order valence-corrected chi connectivity index (χ0v) is 22.6. The van der Waals surface area contributed by atoms with Crippen molar-refractivity contribution in [2.45, 2.75) is 32.4 Å². The quantitative estimate of drug-likeness (QED) is 0.267. The maximum atomic E-state index is 14.1. The van der Waals surface area contributed by atoms with Gasteiger partial charge in [0.2, 0.25) is 5.91 Å². The lowest BCUT2D eigenvalue weighted by molar-refractivity contribution is -0.116. The fourth-order valence-corrected chi connectivity index (χ4v) is 5.60. The molecule has 5 rings (SSSR count). The van der Waals surface area contributed by atoms with Crippen LogP contribution in [0.25, 0.3) is 5.69 Å². The Morgan fingerprint density at radius 3 is 2.63 bits per heavy atom. The van der Waals surface area contributed by atoms with Gasteiger partial charge in [-0.3, -0.25) is 9.78 Å². The van der Waals surface area contributed by atoms with Gasteiger partial charge in [-0.05, 0) is 80.2 Å². The molecule has 0 aliphatic carbocycles. The van der Waals surface area contributed by atoms with Gasteiger partial charge in [-0.15, -0.1) is 0 Å². The number of carbonyl (C=O) groups excluding carboxylic acids is 1. The number of hydrogen-bond acceptors (Lipinski definition) is 3. The minimum atomic E-state index is -0.472. The fourth-order valence-electron chi connectivity index (χ4n) is 5.08. The van der Waals surface area contributed by atoms with Crippen LogP contribution >= 0.6 is 23.8 Å². The summed E-state index contributed by atoms with van der Waals surface area (Å²) in [4.78, 5) is 19.4. The van der Waals surface area contributed by atoms with Crippen LogP contribution < -0.4 is 10.6 Å². The molecule has 194 valence electrons. The van der Waals surface area contributed by atoms with Crippen molar-refractivity contribution in [3.63, 3.8) is 0 Å². The molecule has 38 heavy (non-hydrogen) atoms. The van der Waals surface area contributed by atoms with Gasteiger partial charge in [0.1, 0.15) is 5.82 Å². The summed E-state index contributed by atoms with van der Waals surface area (Å²) in [5, 5.41) is 7.29. The van der Waals surface area contributed by atoms with Crippen LogP contribution in [0.1, 0.15) is 41.1 Å². The number of nitrogens with one attached hydrogen (secondary N) is 2. The van der Waals surface area contributed by atoms with Crippen molar-refractivity contribution in [1.82, 2.24) is 19.8 Å². The molecule has 2 atom stereocenters. The molecular weight excluding hydrogens is 521 g/mol. The number of amides is 1. The number of pyridine rings is 1. The van der Waals surface area contributed by atoms with E-state index in [-0.39, 0.29) is 30.1 Å². The smallest absolute Gasteiger partial charge is 0.226 e. The van der Waals surface area contributed by atoms with Crippen molar-refractivity contribution < 1.29 is 9.18 Å². The lowest BCUT2D eigenvalue weighted by Crippen LogP contribution is -2.33. The SMILES string of the molecule is Cc1cc([C@H]2[C@H](c3ccccn3)NC(=S)N2CCC(=O)Nc2ccccc2F)c(C)n1-c1cccc(Cl)c1. The largest absolute Gasteiger partial charge is 0.352 e. The number of thiocarbonyl (C=S) groups is 1. The van der Waals surface area contributed by atoms with E-state index in [1.165, 1.54) is 6.07 Å². The van der Waals surface area contributed by atoms with Crippen molar-refractivity contribution >= 4 is 40.5 Å². The lowest BCUT2D eigenvalue weighted by Gasteiger charge is -2.28. The maximum Gasteiger partial charge on any atom is 0.226 e. The molecule has 4 aromatic rings. The van der Waals surface area contributed by atoms with Gasteiger partial charge >= 0.3 is 0 Å². The minimum absolute atomic E-state index is 0.134. The maximum absolute atomic E-state index is 14.1. The Kier molecular flexibility index (Phi) is 7.44. The molecule has 0 unspecified atom stereocenters. The van der Waals surface area contributed by atoms with Crippen molar-refractivity contribution in [3.8, 4) is 5.69 Å². The first-order valence-corrected chi connectivity index (χ1v) is 13.1. The second-order valence-electron chi connectivity index (χ2n) is 9.24. The zero-order chi connectivity index (χ0) is 26.8. The van der Waals surface area contributed by atoms with Gasteiger partial charge in [-0.25, -0.2) is 4.39 Å². The first-order valence-electron chi connectivity index (χ1n) is 12.3. The van der Waals surface area contributed by atoms with E-state index in [0.717, 1.165) is 28.3 Å². The van der Waals surface area contributed by atoms with Gasteiger partial charge < -0.3 is 20.1 Å². The number of halogens is 2. The number of anilines is 1. The molecule has 0 spiro atoms. The Balaban J connectivity index is 1.48.